The summed E-state index contributed by atoms with van der Waals surface area (Å²) in [5, 5.41) is 0.459. The van der Waals surface area contributed by atoms with Gasteiger partial charge in [-0.15, -0.1) is 0 Å². The second-order valence-electron chi connectivity index (χ2n) is 8.46. The molecule has 2 nitrogen and oxygen atoms in total. The molecule has 0 amide bonds. The molecule has 0 aliphatic heterocycles. The fraction of sp³-hybridized carbons (Fsp3) is 0.100. The van der Waals surface area contributed by atoms with Crippen LogP contribution in [0.5, 0.6) is 11.5 Å². The molecule has 35 heavy (non-hydrogen) atoms. The van der Waals surface area contributed by atoms with Crippen molar-refractivity contribution in [3.8, 4) is 22.6 Å². The van der Waals surface area contributed by atoms with Crippen LogP contribution in [-0.4, -0.2) is 4.98 Å². The molecule has 0 radical (unpaired) electrons. The van der Waals surface area contributed by atoms with Crippen molar-refractivity contribution in [3.63, 3.8) is 0 Å². The van der Waals surface area contributed by atoms with Crippen molar-refractivity contribution in [2.75, 3.05) is 0 Å². The number of aryl methyl sites for hydroxylation is 1. The molecule has 0 unspecified atom stereocenters. The van der Waals surface area contributed by atoms with Crippen molar-refractivity contribution in [2.24, 2.45) is 0 Å². The van der Waals surface area contributed by atoms with Gasteiger partial charge in [-0.3, -0.25) is 4.98 Å². The number of halogens is 3. The standard InChI is InChI=1S/C30H22F3NO/c1-20-13-15-24(16-14-20)35-25-10-5-9-22(18-25)28-23(17-21-7-3-2-4-8-21)19-34-29-26(28)11-6-12-27(29)30(31,32)33/h2-16,18-19H,17H2,1H3. The van der Waals surface area contributed by atoms with E-state index in [1.807, 2.05) is 85.8 Å². The fourth-order valence-corrected chi connectivity index (χ4v) is 4.24. The molecule has 0 saturated carbocycles. The smallest absolute Gasteiger partial charge is 0.418 e. The monoisotopic (exact) mass is 469 g/mol. The van der Waals surface area contributed by atoms with Crippen molar-refractivity contribution in [1.29, 1.82) is 0 Å². The van der Waals surface area contributed by atoms with Gasteiger partial charge in [0.15, 0.2) is 0 Å². The van der Waals surface area contributed by atoms with Gasteiger partial charge >= 0.3 is 6.18 Å². The van der Waals surface area contributed by atoms with Crippen molar-refractivity contribution < 1.29 is 17.9 Å². The minimum Gasteiger partial charge on any atom is -0.457 e. The predicted octanol–water partition coefficient (Wildman–Crippen LogP) is 8.61. The number of rotatable bonds is 5. The number of nitrogens with zero attached hydrogens (tertiary/aromatic N) is 1. The van der Waals surface area contributed by atoms with Crippen LogP contribution in [-0.2, 0) is 12.6 Å². The van der Waals surface area contributed by atoms with Gasteiger partial charge < -0.3 is 4.74 Å². The maximum Gasteiger partial charge on any atom is 0.418 e. The first-order chi connectivity index (χ1) is 16.9. The van der Waals surface area contributed by atoms with Gasteiger partial charge in [-0.25, -0.2) is 0 Å². The Labute approximate surface area is 201 Å². The van der Waals surface area contributed by atoms with Crippen LogP contribution < -0.4 is 4.74 Å². The van der Waals surface area contributed by atoms with Crippen LogP contribution >= 0.6 is 0 Å². The largest absolute Gasteiger partial charge is 0.457 e. The minimum absolute atomic E-state index is 0.0586. The molecule has 0 aliphatic carbocycles. The SMILES string of the molecule is Cc1ccc(Oc2cccc(-c3c(Cc4ccccc4)cnc4c(C(F)(F)F)cccc34)c2)cc1. The van der Waals surface area contributed by atoms with E-state index in [2.05, 4.69) is 4.98 Å². The maximum absolute atomic E-state index is 13.8. The molecule has 174 valence electrons. The summed E-state index contributed by atoms with van der Waals surface area (Å²) in [5.74, 6) is 1.30. The van der Waals surface area contributed by atoms with Gasteiger partial charge in [-0.1, -0.05) is 72.3 Å². The number of pyridine rings is 1. The lowest BCUT2D eigenvalue weighted by molar-refractivity contribution is -0.136. The molecule has 0 atom stereocenters. The molecule has 0 spiro atoms. The number of ether oxygens (including phenoxy) is 1. The van der Waals surface area contributed by atoms with Crippen LogP contribution in [0.2, 0.25) is 0 Å². The highest BCUT2D eigenvalue weighted by Crippen LogP contribution is 2.40. The maximum atomic E-state index is 13.8. The van der Waals surface area contributed by atoms with E-state index >= 15 is 0 Å². The molecule has 4 aromatic carbocycles. The van der Waals surface area contributed by atoms with E-state index in [4.69, 9.17) is 4.74 Å². The Morgan fingerprint density at radius 3 is 2.26 bits per heavy atom. The lowest BCUT2D eigenvalue weighted by Crippen LogP contribution is -2.07. The third-order valence-electron chi connectivity index (χ3n) is 5.90. The average molecular weight is 470 g/mol. The van der Waals surface area contributed by atoms with Crippen LogP contribution in [0.25, 0.3) is 22.0 Å². The Morgan fingerprint density at radius 1 is 0.771 bits per heavy atom. The Balaban J connectivity index is 1.67. The summed E-state index contributed by atoms with van der Waals surface area (Å²) in [6.45, 7) is 2.00. The first kappa shape index (κ1) is 22.7. The third-order valence-corrected chi connectivity index (χ3v) is 5.90. The van der Waals surface area contributed by atoms with Crippen LogP contribution in [0.4, 0.5) is 13.2 Å². The number of aromatic nitrogens is 1. The second-order valence-corrected chi connectivity index (χ2v) is 8.46. The summed E-state index contributed by atoms with van der Waals surface area (Å²) in [6, 6.07) is 29.2. The molecule has 5 rings (SSSR count). The lowest BCUT2D eigenvalue weighted by atomic mass is 9.92. The Hall–Kier alpha value is -4.12. The summed E-state index contributed by atoms with van der Waals surface area (Å²) in [6.07, 6.45) is -2.40. The molecular weight excluding hydrogens is 447 g/mol. The van der Waals surface area contributed by atoms with Gasteiger partial charge in [0.1, 0.15) is 11.5 Å². The van der Waals surface area contributed by atoms with Crippen LogP contribution in [0.1, 0.15) is 22.3 Å². The molecular formula is C30H22F3NO. The summed E-state index contributed by atoms with van der Waals surface area (Å²) in [7, 11) is 0. The zero-order valence-corrected chi connectivity index (χ0v) is 19.0. The highest BCUT2D eigenvalue weighted by atomic mass is 19.4. The van der Waals surface area contributed by atoms with Crippen LogP contribution in [0.15, 0.2) is 103 Å². The molecule has 0 N–H and O–H groups in total. The number of benzene rings is 4. The van der Waals surface area contributed by atoms with Crippen LogP contribution in [0.3, 0.4) is 0 Å². The molecule has 5 heteroatoms. The highest BCUT2D eigenvalue weighted by molar-refractivity contribution is 5.98. The number of alkyl halides is 3. The van der Waals surface area contributed by atoms with Gasteiger partial charge in [0.25, 0.3) is 0 Å². The molecule has 1 aromatic heterocycles. The molecule has 0 aliphatic rings. The van der Waals surface area contributed by atoms with E-state index < -0.39 is 11.7 Å². The van der Waals surface area contributed by atoms with Crippen molar-refractivity contribution in [2.45, 2.75) is 19.5 Å². The van der Waals surface area contributed by atoms with Crippen molar-refractivity contribution in [3.05, 3.63) is 126 Å². The van der Waals surface area contributed by atoms with E-state index in [1.54, 1.807) is 12.3 Å². The molecule has 0 bridgehead atoms. The van der Waals surface area contributed by atoms with Gasteiger partial charge in [-0.2, -0.15) is 13.2 Å². The molecule has 5 aromatic rings. The van der Waals surface area contributed by atoms with E-state index in [0.29, 0.717) is 23.3 Å². The zero-order valence-electron chi connectivity index (χ0n) is 19.0. The van der Waals surface area contributed by atoms with E-state index in [9.17, 15) is 13.2 Å². The Morgan fingerprint density at radius 2 is 1.51 bits per heavy atom. The Bertz CT molecular complexity index is 1480. The number of hydrogen-bond acceptors (Lipinski definition) is 2. The van der Waals surface area contributed by atoms with Gasteiger partial charge in [0, 0.05) is 11.6 Å². The van der Waals surface area contributed by atoms with Gasteiger partial charge in [-0.05, 0) is 65.9 Å². The van der Waals surface area contributed by atoms with Gasteiger partial charge in [0.05, 0.1) is 11.1 Å². The minimum atomic E-state index is -4.50. The summed E-state index contributed by atoms with van der Waals surface area (Å²) < 4.78 is 47.4. The first-order valence-corrected chi connectivity index (χ1v) is 11.3. The molecule has 0 fully saturated rings. The summed E-state index contributed by atoms with van der Waals surface area (Å²) in [4.78, 5) is 4.28. The number of fused-ring (bicyclic) bond motifs is 1. The first-order valence-electron chi connectivity index (χ1n) is 11.3. The van der Waals surface area contributed by atoms with E-state index in [1.165, 1.54) is 6.07 Å². The zero-order chi connectivity index (χ0) is 24.4. The second kappa shape index (κ2) is 9.26. The summed E-state index contributed by atoms with van der Waals surface area (Å²) in [5.41, 5.74) is 3.71. The van der Waals surface area contributed by atoms with Gasteiger partial charge in [0.2, 0.25) is 0 Å². The van der Waals surface area contributed by atoms with Crippen molar-refractivity contribution in [1.82, 2.24) is 4.98 Å². The molecule has 1 heterocycles. The average Bonchev–Trinajstić information content (AvgIpc) is 2.85. The molecule has 0 saturated heterocycles. The predicted molar refractivity (Wildman–Crippen MR) is 133 cm³/mol. The quantitative estimate of drug-likeness (QED) is 0.257. The fourth-order valence-electron chi connectivity index (χ4n) is 4.24. The normalized spacial score (nSPS) is 11.5. The Kier molecular flexibility index (Phi) is 6.00. The third kappa shape index (κ3) is 4.90. The topological polar surface area (TPSA) is 22.1 Å². The summed E-state index contributed by atoms with van der Waals surface area (Å²) >= 11 is 0. The number of para-hydroxylation sites is 1. The lowest BCUT2D eigenvalue weighted by Gasteiger charge is -2.17. The van der Waals surface area contributed by atoms with Crippen molar-refractivity contribution >= 4 is 10.9 Å². The highest BCUT2D eigenvalue weighted by Gasteiger charge is 2.33. The number of hydrogen-bond donors (Lipinski definition) is 0. The van der Waals surface area contributed by atoms with Crippen LogP contribution in [0, 0.1) is 6.92 Å². The van der Waals surface area contributed by atoms with E-state index in [-0.39, 0.29) is 5.52 Å². The van der Waals surface area contributed by atoms with E-state index in [0.717, 1.165) is 33.9 Å².